The smallest absolute Gasteiger partial charge is 0.159 e. The second-order valence-corrected chi connectivity index (χ2v) is 16.8. The molecule has 12 aromatic rings. The second kappa shape index (κ2) is 12.2. The molecule has 2 aromatic heterocycles. The lowest BCUT2D eigenvalue weighted by Gasteiger charge is -2.29. The van der Waals surface area contributed by atoms with Gasteiger partial charge in [0.15, 0.2) is 5.58 Å². The molecule has 1 aliphatic carbocycles. The van der Waals surface area contributed by atoms with Gasteiger partial charge in [-0.1, -0.05) is 166 Å². The Morgan fingerprint density at radius 2 is 0.983 bits per heavy atom. The zero-order valence-corrected chi connectivity index (χ0v) is 33.2. The van der Waals surface area contributed by atoms with E-state index in [-0.39, 0.29) is 5.41 Å². The Kier molecular flexibility index (Phi) is 6.78. The third-order valence-corrected chi connectivity index (χ3v) is 13.2. The number of anilines is 3. The van der Waals surface area contributed by atoms with Crippen molar-refractivity contribution in [3.05, 3.63) is 199 Å². The topological polar surface area (TPSA) is 29.5 Å². The average Bonchev–Trinajstić information content (AvgIpc) is 3.94. The molecule has 282 valence electrons. The van der Waals surface area contributed by atoms with Gasteiger partial charge in [0, 0.05) is 49.2 Å². The molecule has 0 spiro atoms. The first-order chi connectivity index (χ1) is 29.5. The minimum Gasteiger partial charge on any atom is -0.455 e. The van der Waals surface area contributed by atoms with Crippen molar-refractivity contribution < 1.29 is 8.83 Å². The summed E-state index contributed by atoms with van der Waals surface area (Å²) in [4.78, 5) is 2.44. The maximum atomic E-state index is 7.42. The monoisotopic (exact) mass is 767 g/mol. The number of rotatable bonds is 4. The van der Waals surface area contributed by atoms with Crippen molar-refractivity contribution in [3.63, 3.8) is 0 Å². The van der Waals surface area contributed by atoms with E-state index in [9.17, 15) is 0 Å². The summed E-state index contributed by atoms with van der Waals surface area (Å²) in [5, 5.41) is 11.4. The van der Waals surface area contributed by atoms with E-state index in [1.54, 1.807) is 0 Å². The number of benzene rings is 10. The van der Waals surface area contributed by atoms with Gasteiger partial charge in [0.2, 0.25) is 0 Å². The number of para-hydroxylation sites is 3. The highest BCUT2D eigenvalue weighted by molar-refractivity contribution is 6.23. The van der Waals surface area contributed by atoms with Crippen LogP contribution in [0.2, 0.25) is 0 Å². The van der Waals surface area contributed by atoms with Crippen molar-refractivity contribution in [1.29, 1.82) is 0 Å². The van der Waals surface area contributed by atoms with Crippen LogP contribution in [0, 0.1) is 0 Å². The van der Waals surface area contributed by atoms with E-state index in [0.717, 1.165) is 82.8 Å². The molecule has 0 saturated heterocycles. The van der Waals surface area contributed by atoms with Gasteiger partial charge in [0.05, 0.1) is 11.4 Å². The fraction of sp³-hybridized carbons (Fsp3) is 0.0526. The van der Waals surface area contributed by atoms with Crippen LogP contribution >= 0.6 is 0 Å². The number of nitrogens with zero attached hydrogens (tertiary/aromatic N) is 1. The van der Waals surface area contributed by atoms with E-state index in [4.69, 9.17) is 8.83 Å². The molecule has 0 atom stereocenters. The molecule has 60 heavy (non-hydrogen) atoms. The van der Waals surface area contributed by atoms with Gasteiger partial charge in [-0.2, -0.15) is 0 Å². The second-order valence-electron chi connectivity index (χ2n) is 16.8. The zero-order chi connectivity index (χ0) is 39.7. The molecular formula is C57H37NO2. The van der Waals surface area contributed by atoms with Crippen molar-refractivity contribution >= 4 is 93.3 Å². The van der Waals surface area contributed by atoms with E-state index in [0.29, 0.717) is 0 Å². The molecular weight excluding hydrogens is 731 g/mol. The highest BCUT2D eigenvalue weighted by Crippen LogP contribution is 2.53. The molecule has 0 N–H and O–H groups in total. The maximum absolute atomic E-state index is 7.42. The van der Waals surface area contributed by atoms with Gasteiger partial charge >= 0.3 is 0 Å². The number of fused-ring (bicyclic) bond motifs is 13. The van der Waals surface area contributed by atoms with Crippen LogP contribution in [0.25, 0.3) is 98.4 Å². The number of hydrogen-bond acceptors (Lipinski definition) is 3. The summed E-state index contributed by atoms with van der Waals surface area (Å²) < 4.78 is 14.1. The molecule has 0 fully saturated rings. The van der Waals surface area contributed by atoms with Crippen molar-refractivity contribution in [3.8, 4) is 22.3 Å². The van der Waals surface area contributed by atoms with Crippen LogP contribution < -0.4 is 4.90 Å². The summed E-state index contributed by atoms with van der Waals surface area (Å²) in [5.41, 5.74) is 13.8. The molecule has 0 unspecified atom stereocenters. The van der Waals surface area contributed by atoms with Crippen molar-refractivity contribution in [1.82, 2.24) is 0 Å². The standard InChI is InChI=1S/C57H37NO2/c1-57(2)48-26-11-9-20-40(48)41-30-29-36(33-49(41)57)58(51-32-35-16-3-5-17-37(35)39-19-7-8-21-42(39)51)50-27-14-24-45-47-31-34-15-4-6-18-38(34)53(56(47)60-55(45)50)46-25-13-23-44-43-22-10-12-28-52(43)59-54(44)46/h3-33H,1-2H3. The molecule has 0 bridgehead atoms. The van der Waals surface area contributed by atoms with Crippen LogP contribution in [0.4, 0.5) is 17.1 Å². The Morgan fingerprint density at radius 3 is 1.83 bits per heavy atom. The quantitative estimate of drug-likeness (QED) is 0.167. The predicted molar refractivity (Wildman–Crippen MR) is 251 cm³/mol. The first kappa shape index (κ1) is 33.4. The summed E-state index contributed by atoms with van der Waals surface area (Å²) in [6.45, 7) is 4.71. The normalized spacial score (nSPS) is 13.3. The van der Waals surface area contributed by atoms with Crippen molar-refractivity contribution in [2.45, 2.75) is 19.3 Å². The van der Waals surface area contributed by atoms with Gasteiger partial charge in [-0.25, -0.2) is 0 Å². The van der Waals surface area contributed by atoms with Gasteiger partial charge in [0.1, 0.15) is 16.7 Å². The molecule has 0 amide bonds. The minimum absolute atomic E-state index is 0.170. The van der Waals surface area contributed by atoms with Crippen molar-refractivity contribution in [2.24, 2.45) is 0 Å². The lowest BCUT2D eigenvalue weighted by molar-refractivity contribution is 0.660. The third-order valence-electron chi connectivity index (χ3n) is 13.2. The van der Waals surface area contributed by atoms with E-state index >= 15 is 0 Å². The first-order valence-electron chi connectivity index (χ1n) is 20.8. The van der Waals surface area contributed by atoms with Gasteiger partial charge in [0.25, 0.3) is 0 Å². The van der Waals surface area contributed by atoms with Crippen LogP contribution in [0.15, 0.2) is 197 Å². The first-order valence-corrected chi connectivity index (χ1v) is 20.8. The Labute approximate surface area is 346 Å². The van der Waals surface area contributed by atoms with Crippen LogP contribution in [-0.4, -0.2) is 0 Å². The summed E-state index contributed by atoms with van der Waals surface area (Å²) in [6.07, 6.45) is 0. The molecule has 1 aliphatic rings. The lowest BCUT2D eigenvalue weighted by Crippen LogP contribution is -2.16. The Morgan fingerprint density at radius 1 is 0.367 bits per heavy atom. The largest absolute Gasteiger partial charge is 0.455 e. The third kappa shape index (κ3) is 4.55. The molecule has 13 rings (SSSR count). The fourth-order valence-corrected chi connectivity index (χ4v) is 10.4. The van der Waals surface area contributed by atoms with Crippen LogP contribution in [-0.2, 0) is 5.41 Å². The molecule has 0 radical (unpaired) electrons. The molecule has 3 heteroatoms. The van der Waals surface area contributed by atoms with Gasteiger partial charge in [-0.3, -0.25) is 0 Å². The fourth-order valence-electron chi connectivity index (χ4n) is 10.4. The van der Waals surface area contributed by atoms with Crippen LogP contribution in [0.3, 0.4) is 0 Å². The molecule has 10 aromatic carbocycles. The van der Waals surface area contributed by atoms with E-state index in [1.165, 1.54) is 43.8 Å². The predicted octanol–water partition coefficient (Wildman–Crippen LogP) is 16.4. The van der Waals surface area contributed by atoms with Gasteiger partial charge in [-0.05, 0) is 85.6 Å². The summed E-state index contributed by atoms with van der Waals surface area (Å²) in [7, 11) is 0. The summed E-state index contributed by atoms with van der Waals surface area (Å²) in [6, 6.07) is 68.1. The number of furan rings is 2. The maximum Gasteiger partial charge on any atom is 0.159 e. The molecule has 0 saturated carbocycles. The highest BCUT2D eigenvalue weighted by atomic mass is 16.3. The highest BCUT2D eigenvalue weighted by Gasteiger charge is 2.36. The molecule has 0 aliphatic heterocycles. The molecule has 2 heterocycles. The Bertz CT molecular complexity index is 3770. The summed E-state index contributed by atoms with van der Waals surface area (Å²) in [5.74, 6) is 0. The van der Waals surface area contributed by atoms with Crippen molar-refractivity contribution in [2.75, 3.05) is 4.90 Å². The Hall–Kier alpha value is -7.62. The van der Waals surface area contributed by atoms with E-state index in [1.807, 2.05) is 6.07 Å². The minimum atomic E-state index is -0.170. The SMILES string of the molecule is CC1(C)c2ccccc2-c2ccc(N(c3cc4ccccc4c4ccccc34)c3cccc4c3oc3c(-c5cccc6c5oc5ccccc56)c5ccccc5cc34)cc21. The number of hydrogen-bond donors (Lipinski definition) is 0. The average molecular weight is 768 g/mol. The van der Waals surface area contributed by atoms with E-state index in [2.05, 4.69) is 201 Å². The lowest BCUT2D eigenvalue weighted by atomic mass is 9.82. The van der Waals surface area contributed by atoms with Gasteiger partial charge in [-0.15, -0.1) is 0 Å². The van der Waals surface area contributed by atoms with Crippen LogP contribution in [0.5, 0.6) is 0 Å². The van der Waals surface area contributed by atoms with E-state index < -0.39 is 0 Å². The van der Waals surface area contributed by atoms with Crippen LogP contribution in [0.1, 0.15) is 25.0 Å². The Balaban J connectivity index is 1.14. The summed E-state index contributed by atoms with van der Waals surface area (Å²) >= 11 is 0. The molecule has 3 nitrogen and oxygen atoms in total. The zero-order valence-electron chi connectivity index (χ0n) is 33.2. The van der Waals surface area contributed by atoms with Gasteiger partial charge < -0.3 is 13.7 Å².